The summed E-state index contributed by atoms with van der Waals surface area (Å²) in [5.74, 6) is -0.586. The molecule has 0 aliphatic carbocycles. The SMILES string of the molecule is CN(C)C(=O)c1cc2ccc(C3=CCCN(C(=O)CCn4cccn4)C3)c(F)c2[nH]1. The van der Waals surface area contributed by atoms with E-state index in [4.69, 9.17) is 0 Å². The lowest BCUT2D eigenvalue weighted by atomic mass is 9.99. The standard InChI is InChI=1S/C22H24FN5O2/c1-26(2)22(30)18-13-15-6-7-17(20(23)21(15)25-18)16-5-3-10-27(14-16)19(29)8-12-28-11-4-9-24-28/h4-7,9,11,13,25H,3,8,10,12,14H2,1-2H3. The molecule has 1 aliphatic heterocycles. The van der Waals surface area contributed by atoms with E-state index in [9.17, 15) is 9.59 Å². The third kappa shape index (κ3) is 3.85. The summed E-state index contributed by atoms with van der Waals surface area (Å²) in [4.78, 5) is 30.9. The van der Waals surface area contributed by atoms with Crippen LogP contribution in [0.25, 0.3) is 16.5 Å². The Bertz CT molecular complexity index is 1110. The smallest absolute Gasteiger partial charge is 0.269 e. The number of hydrogen-bond acceptors (Lipinski definition) is 3. The molecular formula is C22H24FN5O2. The molecule has 8 heteroatoms. The molecule has 0 bridgehead atoms. The summed E-state index contributed by atoms with van der Waals surface area (Å²) in [6.45, 7) is 1.51. The number of aryl methyl sites for hydroxylation is 1. The Morgan fingerprint density at radius 2 is 2.13 bits per heavy atom. The molecular weight excluding hydrogens is 385 g/mol. The van der Waals surface area contributed by atoms with E-state index in [1.807, 2.05) is 18.3 Å². The zero-order valence-electron chi connectivity index (χ0n) is 17.1. The Hall–Kier alpha value is -3.42. The molecule has 1 N–H and O–H groups in total. The molecule has 156 valence electrons. The third-order valence-electron chi connectivity index (χ3n) is 5.33. The van der Waals surface area contributed by atoms with E-state index in [0.29, 0.717) is 54.6 Å². The largest absolute Gasteiger partial charge is 0.348 e. The van der Waals surface area contributed by atoms with Crippen LogP contribution in [0.15, 0.2) is 42.7 Å². The number of hydrogen-bond donors (Lipinski definition) is 1. The summed E-state index contributed by atoms with van der Waals surface area (Å²) < 4.78 is 17.0. The first-order chi connectivity index (χ1) is 14.4. The summed E-state index contributed by atoms with van der Waals surface area (Å²) >= 11 is 0. The molecule has 1 aromatic carbocycles. The number of rotatable bonds is 5. The Morgan fingerprint density at radius 3 is 2.87 bits per heavy atom. The second kappa shape index (κ2) is 8.14. The fourth-order valence-corrected chi connectivity index (χ4v) is 3.72. The van der Waals surface area contributed by atoms with Crippen molar-refractivity contribution >= 4 is 28.3 Å². The van der Waals surface area contributed by atoms with Gasteiger partial charge in [-0.05, 0) is 24.1 Å². The number of nitrogens with zero attached hydrogens (tertiary/aromatic N) is 4. The van der Waals surface area contributed by atoms with Crippen LogP contribution >= 0.6 is 0 Å². The van der Waals surface area contributed by atoms with Gasteiger partial charge in [-0.3, -0.25) is 14.3 Å². The number of amides is 2. The van der Waals surface area contributed by atoms with Crippen molar-refractivity contribution in [1.29, 1.82) is 0 Å². The summed E-state index contributed by atoms with van der Waals surface area (Å²) in [7, 11) is 3.31. The van der Waals surface area contributed by atoms with Crippen LogP contribution in [0.5, 0.6) is 0 Å². The van der Waals surface area contributed by atoms with Crippen molar-refractivity contribution in [2.24, 2.45) is 0 Å². The first-order valence-corrected chi connectivity index (χ1v) is 9.91. The van der Waals surface area contributed by atoms with E-state index in [-0.39, 0.29) is 11.8 Å². The highest BCUT2D eigenvalue weighted by Crippen LogP contribution is 2.29. The second-order valence-electron chi connectivity index (χ2n) is 7.63. The molecule has 2 amide bonds. The lowest BCUT2D eigenvalue weighted by Crippen LogP contribution is -2.36. The van der Waals surface area contributed by atoms with Gasteiger partial charge in [0.1, 0.15) is 5.69 Å². The quantitative estimate of drug-likeness (QED) is 0.704. The van der Waals surface area contributed by atoms with E-state index < -0.39 is 5.82 Å². The minimum atomic E-state index is -0.401. The summed E-state index contributed by atoms with van der Waals surface area (Å²) in [5, 5.41) is 4.76. The topological polar surface area (TPSA) is 74.2 Å². The number of halogens is 1. The van der Waals surface area contributed by atoms with Crippen LogP contribution in [0.4, 0.5) is 4.39 Å². The molecule has 0 saturated heterocycles. The van der Waals surface area contributed by atoms with Crippen LogP contribution in [0.2, 0.25) is 0 Å². The van der Waals surface area contributed by atoms with E-state index in [1.165, 1.54) is 4.90 Å². The Labute approximate surface area is 173 Å². The molecule has 3 heterocycles. The molecule has 0 radical (unpaired) electrons. The lowest BCUT2D eigenvalue weighted by Gasteiger charge is -2.28. The highest BCUT2D eigenvalue weighted by molar-refractivity contribution is 5.98. The van der Waals surface area contributed by atoms with Gasteiger partial charge in [-0.15, -0.1) is 0 Å². The number of H-pyrrole nitrogens is 1. The number of nitrogens with one attached hydrogen (secondary N) is 1. The molecule has 4 rings (SSSR count). The van der Waals surface area contributed by atoms with Gasteiger partial charge in [0.15, 0.2) is 5.82 Å². The average molecular weight is 409 g/mol. The first kappa shape index (κ1) is 19.9. The molecule has 1 aliphatic rings. The summed E-state index contributed by atoms with van der Waals surface area (Å²) in [5.41, 5.74) is 1.89. The highest BCUT2D eigenvalue weighted by atomic mass is 19.1. The molecule has 7 nitrogen and oxygen atoms in total. The minimum Gasteiger partial charge on any atom is -0.348 e. The third-order valence-corrected chi connectivity index (χ3v) is 5.33. The molecule has 3 aromatic rings. The number of fused-ring (bicyclic) bond motifs is 1. The Balaban J connectivity index is 1.53. The molecule has 2 aromatic heterocycles. The van der Waals surface area contributed by atoms with Gasteiger partial charge in [0, 0.05) is 63.5 Å². The van der Waals surface area contributed by atoms with Crippen LogP contribution in [0, 0.1) is 5.82 Å². The van der Waals surface area contributed by atoms with Gasteiger partial charge in [0.05, 0.1) is 5.52 Å². The monoisotopic (exact) mass is 409 g/mol. The van der Waals surface area contributed by atoms with Gasteiger partial charge < -0.3 is 14.8 Å². The maximum absolute atomic E-state index is 15.3. The predicted octanol–water partition coefficient (Wildman–Crippen LogP) is 2.91. The van der Waals surface area contributed by atoms with Crippen LogP contribution < -0.4 is 0 Å². The van der Waals surface area contributed by atoms with Crippen LogP contribution in [-0.4, -0.2) is 63.6 Å². The van der Waals surface area contributed by atoms with Crippen molar-refractivity contribution < 1.29 is 14.0 Å². The highest BCUT2D eigenvalue weighted by Gasteiger charge is 2.22. The molecule has 0 saturated carbocycles. The zero-order valence-corrected chi connectivity index (χ0v) is 17.1. The molecule has 30 heavy (non-hydrogen) atoms. The van der Waals surface area contributed by atoms with Gasteiger partial charge in [-0.25, -0.2) is 4.39 Å². The van der Waals surface area contributed by atoms with Gasteiger partial charge in [0.25, 0.3) is 5.91 Å². The van der Waals surface area contributed by atoms with Crippen LogP contribution in [0.1, 0.15) is 28.9 Å². The summed E-state index contributed by atoms with van der Waals surface area (Å²) in [6, 6.07) is 7.00. The van der Waals surface area contributed by atoms with Crippen molar-refractivity contribution in [3.05, 3.63) is 59.8 Å². The maximum Gasteiger partial charge on any atom is 0.269 e. The Morgan fingerprint density at radius 1 is 1.30 bits per heavy atom. The molecule has 0 atom stereocenters. The van der Waals surface area contributed by atoms with Crippen LogP contribution in [0.3, 0.4) is 0 Å². The van der Waals surface area contributed by atoms with Crippen molar-refractivity contribution in [1.82, 2.24) is 24.6 Å². The fourth-order valence-electron chi connectivity index (χ4n) is 3.72. The van der Waals surface area contributed by atoms with E-state index >= 15 is 4.39 Å². The summed E-state index contributed by atoms with van der Waals surface area (Å²) in [6.07, 6.45) is 6.52. The molecule has 0 unspecified atom stereocenters. The lowest BCUT2D eigenvalue weighted by molar-refractivity contribution is -0.131. The van der Waals surface area contributed by atoms with Gasteiger partial charge in [-0.1, -0.05) is 18.2 Å². The minimum absolute atomic E-state index is 0.0244. The van der Waals surface area contributed by atoms with E-state index in [1.54, 1.807) is 48.1 Å². The predicted molar refractivity (Wildman–Crippen MR) is 112 cm³/mol. The zero-order chi connectivity index (χ0) is 21.3. The molecule has 0 spiro atoms. The number of benzene rings is 1. The molecule has 0 fully saturated rings. The van der Waals surface area contributed by atoms with Crippen molar-refractivity contribution in [2.75, 3.05) is 27.2 Å². The maximum atomic E-state index is 15.3. The number of carbonyl (C=O) groups is 2. The van der Waals surface area contributed by atoms with Gasteiger partial charge in [0.2, 0.25) is 5.91 Å². The van der Waals surface area contributed by atoms with Crippen molar-refractivity contribution in [3.8, 4) is 0 Å². The fraction of sp³-hybridized carbons (Fsp3) is 0.318. The average Bonchev–Trinajstić information content (AvgIpc) is 3.42. The van der Waals surface area contributed by atoms with Gasteiger partial charge >= 0.3 is 0 Å². The normalized spacial score (nSPS) is 14.1. The van der Waals surface area contributed by atoms with Crippen molar-refractivity contribution in [3.63, 3.8) is 0 Å². The van der Waals surface area contributed by atoms with E-state index in [2.05, 4.69) is 10.1 Å². The van der Waals surface area contributed by atoms with Crippen LogP contribution in [-0.2, 0) is 11.3 Å². The first-order valence-electron chi connectivity index (χ1n) is 9.91. The van der Waals surface area contributed by atoms with Crippen molar-refractivity contribution in [2.45, 2.75) is 19.4 Å². The van der Waals surface area contributed by atoms with E-state index in [0.717, 1.165) is 5.57 Å². The number of aromatic nitrogens is 3. The Kier molecular flexibility index (Phi) is 5.39. The number of aromatic amines is 1. The second-order valence-corrected chi connectivity index (χ2v) is 7.63. The number of carbonyl (C=O) groups excluding carboxylic acids is 2. The van der Waals surface area contributed by atoms with Gasteiger partial charge in [-0.2, -0.15) is 5.10 Å².